The van der Waals surface area contributed by atoms with Crippen LogP contribution in [0.3, 0.4) is 0 Å². The number of halogens is 1. The molecular formula is C24H20ClN5O2S. The Morgan fingerprint density at radius 2 is 1.67 bits per heavy atom. The number of nitrogens with one attached hydrogen (secondary N) is 1. The van der Waals surface area contributed by atoms with Crippen molar-refractivity contribution in [2.45, 2.75) is 24.3 Å². The van der Waals surface area contributed by atoms with Gasteiger partial charge in [-0.2, -0.15) is 4.98 Å². The van der Waals surface area contributed by atoms with Gasteiger partial charge in [0.05, 0.1) is 16.6 Å². The normalized spacial score (nSPS) is 15.6. The number of nitrogens with zero attached hydrogens (tertiary/aromatic N) is 4. The van der Waals surface area contributed by atoms with Crippen LogP contribution >= 0.6 is 11.6 Å². The van der Waals surface area contributed by atoms with Crippen molar-refractivity contribution in [3.05, 3.63) is 101 Å². The summed E-state index contributed by atoms with van der Waals surface area (Å²) in [6.07, 6.45) is 0.536. The standard InChI is InChI=1S/C24H20ClN5O2S/c1-16-11-13-18(14-12-16)33(31,32)29-23-27-24-26-21(17-7-3-2-4-8-17)15-22(30(24)28-23)19-9-5-6-10-20(19)25/h2-14,22H,15H2,1H3,(H,28,29). The van der Waals surface area contributed by atoms with Crippen molar-refractivity contribution in [1.82, 2.24) is 14.8 Å². The molecule has 0 saturated heterocycles. The van der Waals surface area contributed by atoms with Gasteiger partial charge in [-0.3, -0.25) is 0 Å². The van der Waals surface area contributed by atoms with Gasteiger partial charge in [0, 0.05) is 11.4 Å². The first-order valence-electron chi connectivity index (χ1n) is 10.3. The second-order valence-electron chi connectivity index (χ2n) is 7.76. The highest BCUT2D eigenvalue weighted by atomic mass is 35.5. The van der Waals surface area contributed by atoms with Gasteiger partial charge in [-0.25, -0.2) is 22.8 Å². The van der Waals surface area contributed by atoms with Crippen molar-refractivity contribution in [2.24, 2.45) is 4.99 Å². The maximum atomic E-state index is 12.9. The van der Waals surface area contributed by atoms with Crippen LogP contribution < -0.4 is 4.72 Å². The number of hydrogen-bond acceptors (Lipinski definition) is 5. The van der Waals surface area contributed by atoms with E-state index < -0.39 is 10.0 Å². The van der Waals surface area contributed by atoms with E-state index in [4.69, 9.17) is 11.6 Å². The average Bonchev–Trinajstić information content (AvgIpc) is 3.21. The highest BCUT2D eigenvalue weighted by Crippen LogP contribution is 2.36. The molecule has 1 N–H and O–H groups in total. The summed E-state index contributed by atoms with van der Waals surface area (Å²) in [6, 6.07) is 23.6. The van der Waals surface area contributed by atoms with Crippen LogP contribution in [0.5, 0.6) is 0 Å². The summed E-state index contributed by atoms with van der Waals surface area (Å²) in [5.41, 5.74) is 3.62. The van der Waals surface area contributed by atoms with E-state index in [1.54, 1.807) is 28.9 Å². The van der Waals surface area contributed by atoms with Crippen molar-refractivity contribution < 1.29 is 8.42 Å². The second kappa shape index (κ2) is 8.46. The summed E-state index contributed by atoms with van der Waals surface area (Å²) in [5.74, 6) is 0.271. The summed E-state index contributed by atoms with van der Waals surface area (Å²) < 4.78 is 29.8. The van der Waals surface area contributed by atoms with E-state index in [1.165, 1.54) is 0 Å². The summed E-state index contributed by atoms with van der Waals surface area (Å²) in [5, 5.41) is 5.05. The van der Waals surface area contributed by atoms with Gasteiger partial charge in [-0.15, -0.1) is 5.10 Å². The third-order valence-electron chi connectivity index (χ3n) is 5.46. The van der Waals surface area contributed by atoms with E-state index in [0.717, 1.165) is 22.4 Å². The Bertz CT molecular complexity index is 1450. The molecule has 1 aromatic heterocycles. The zero-order valence-corrected chi connectivity index (χ0v) is 19.3. The molecule has 9 heteroatoms. The first kappa shape index (κ1) is 21.4. The molecule has 7 nitrogen and oxygen atoms in total. The number of aromatic nitrogens is 3. The van der Waals surface area contributed by atoms with Gasteiger partial charge >= 0.3 is 0 Å². The molecule has 1 aliphatic heterocycles. The summed E-state index contributed by atoms with van der Waals surface area (Å²) >= 11 is 6.51. The Labute approximate surface area is 196 Å². The SMILES string of the molecule is Cc1ccc(S(=O)(=O)Nc2nc3n(n2)C(c2ccccc2Cl)CC(c2ccccc2)=N3)cc1. The molecule has 5 rings (SSSR count). The lowest BCUT2D eigenvalue weighted by Crippen LogP contribution is -2.21. The smallest absolute Gasteiger partial charge is 0.246 e. The molecule has 3 aromatic carbocycles. The van der Waals surface area contributed by atoms with Crippen molar-refractivity contribution in [3.8, 4) is 0 Å². The van der Waals surface area contributed by atoms with Crippen LogP contribution in [0.4, 0.5) is 11.9 Å². The zero-order chi connectivity index (χ0) is 23.0. The molecule has 1 aliphatic rings. The summed E-state index contributed by atoms with van der Waals surface area (Å²) in [7, 11) is -3.85. The van der Waals surface area contributed by atoms with Crippen molar-refractivity contribution in [1.29, 1.82) is 0 Å². The number of benzene rings is 3. The molecule has 0 saturated carbocycles. The lowest BCUT2D eigenvalue weighted by Gasteiger charge is -2.24. The highest BCUT2D eigenvalue weighted by molar-refractivity contribution is 7.92. The summed E-state index contributed by atoms with van der Waals surface area (Å²) in [4.78, 5) is 9.21. The number of aliphatic imine (C=N–C) groups is 1. The third kappa shape index (κ3) is 4.27. The predicted octanol–water partition coefficient (Wildman–Crippen LogP) is 5.15. The fourth-order valence-electron chi connectivity index (χ4n) is 3.78. The average molecular weight is 478 g/mol. The van der Waals surface area contributed by atoms with Crippen LogP contribution in [0.2, 0.25) is 5.02 Å². The summed E-state index contributed by atoms with van der Waals surface area (Å²) in [6.45, 7) is 1.89. The predicted molar refractivity (Wildman–Crippen MR) is 129 cm³/mol. The van der Waals surface area contributed by atoms with Crippen LogP contribution in [-0.2, 0) is 10.0 Å². The molecule has 0 bridgehead atoms. The van der Waals surface area contributed by atoms with Crippen molar-refractivity contribution >= 4 is 39.2 Å². The molecule has 1 unspecified atom stereocenters. The first-order valence-corrected chi connectivity index (χ1v) is 12.2. The Morgan fingerprint density at radius 3 is 2.39 bits per heavy atom. The molecule has 166 valence electrons. The van der Waals surface area contributed by atoms with Crippen LogP contribution in [0, 0.1) is 6.92 Å². The van der Waals surface area contributed by atoms with Crippen LogP contribution in [0.25, 0.3) is 0 Å². The molecule has 0 radical (unpaired) electrons. The molecule has 0 fully saturated rings. The quantitative estimate of drug-likeness (QED) is 0.430. The van der Waals surface area contributed by atoms with Gasteiger partial charge in [0.2, 0.25) is 0 Å². The number of sulfonamides is 1. The van der Waals surface area contributed by atoms with Crippen LogP contribution in [0.1, 0.15) is 29.2 Å². The highest BCUT2D eigenvalue weighted by Gasteiger charge is 2.30. The number of hydrogen-bond donors (Lipinski definition) is 1. The lowest BCUT2D eigenvalue weighted by atomic mass is 9.96. The van der Waals surface area contributed by atoms with Crippen molar-refractivity contribution in [3.63, 3.8) is 0 Å². The minimum atomic E-state index is -3.85. The lowest BCUT2D eigenvalue weighted by molar-refractivity contribution is 0.532. The van der Waals surface area contributed by atoms with Gasteiger partial charge in [-0.1, -0.05) is 77.8 Å². The van der Waals surface area contributed by atoms with E-state index in [2.05, 4.69) is 19.8 Å². The fraction of sp³-hybridized carbons (Fsp3) is 0.125. The molecule has 2 heterocycles. The van der Waals surface area contributed by atoms with Crippen LogP contribution in [-0.4, -0.2) is 28.9 Å². The Hall–Kier alpha value is -3.49. The minimum Gasteiger partial charge on any atom is -0.246 e. The monoisotopic (exact) mass is 477 g/mol. The van der Waals surface area contributed by atoms with Gasteiger partial charge in [0.1, 0.15) is 0 Å². The second-order valence-corrected chi connectivity index (χ2v) is 9.85. The van der Waals surface area contributed by atoms with Gasteiger partial charge < -0.3 is 0 Å². The zero-order valence-electron chi connectivity index (χ0n) is 17.7. The van der Waals surface area contributed by atoms with E-state index >= 15 is 0 Å². The molecule has 0 amide bonds. The third-order valence-corrected chi connectivity index (χ3v) is 7.15. The Balaban J connectivity index is 1.57. The number of aryl methyl sites for hydroxylation is 1. The molecule has 4 aromatic rings. The topological polar surface area (TPSA) is 89.2 Å². The van der Waals surface area contributed by atoms with E-state index in [0.29, 0.717) is 17.4 Å². The fourth-order valence-corrected chi connectivity index (χ4v) is 4.98. The maximum absolute atomic E-state index is 12.9. The molecule has 33 heavy (non-hydrogen) atoms. The largest absolute Gasteiger partial charge is 0.264 e. The van der Waals surface area contributed by atoms with E-state index in [9.17, 15) is 8.42 Å². The molecule has 0 aliphatic carbocycles. The van der Waals surface area contributed by atoms with Gasteiger partial charge in [0.25, 0.3) is 21.9 Å². The van der Waals surface area contributed by atoms with E-state index in [-0.39, 0.29) is 16.9 Å². The van der Waals surface area contributed by atoms with Gasteiger partial charge in [0.15, 0.2) is 0 Å². The Morgan fingerprint density at radius 1 is 0.970 bits per heavy atom. The molecule has 1 atom stereocenters. The molecular weight excluding hydrogens is 458 g/mol. The number of rotatable bonds is 5. The number of fused-ring (bicyclic) bond motifs is 1. The number of anilines is 1. The first-order chi connectivity index (χ1) is 15.9. The maximum Gasteiger partial charge on any atom is 0.264 e. The molecule has 0 spiro atoms. The minimum absolute atomic E-state index is 0.0410. The van der Waals surface area contributed by atoms with E-state index in [1.807, 2.05) is 61.5 Å². The Kier molecular flexibility index (Phi) is 5.47. The van der Waals surface area contributed by atoms with Crippen LogP contribution in [0.15, 0.2) is 88.8 Å². The van der Waals surface area contributed by atoms with Crippen molar-refractivity contribution in [2.75, 3.05) is 4.72 Å². The van der Waals surface area contributed by atoms with Gasteiger partial charge in [-0.05, 0) is 36.2 Å².